The number of benzene rings is 1. The van der Waals surface area contributed by atoms with Gasteiger partial charge in [-0.3, -0.25) is 9.59 Å². The number of aryl methyl sites for hydroxylation is 2. The molecule has 1 fully saturated rings. The predicted molar refractivity (Wildman–Crippen MR) is 84.5 cm³/mol. The van der Waals surface area contributed by atoms with Crippen LogP contribution >= 0.6 is 0 Å². The first-order chi connectivity index (χ1) is 10.5. The van der Waals surface area contributed by atoms with Crippen LogP contribution in [0, 0.1) is 19.8 Å². The monoisotopic (exact) mass is 294 g/mol. The lowest BCUT2D eigenvalue weighted by Gasteiger charge is -2.14. The lowest BCUT2D eigenvalue weighted by Crippen LogP contribution is -2.31. The van der Waals surface area contributed by atoms with Gasteiger partial charge < -0.3 is 0 Å². The zero-order chi connectivity index (χ0) is 15.7. The Kier molecular flexibility index (Phi) is 3.75. The van der Waals surface area contributed by atoms with E-state index in [1.54, 1.807) is 24.4 Å². The van der Waals surface area contributed by atoms with E-state index in [9.17, 15) is 9.59 Å². The second-order valence-corrected chi connectivity index (χ2v) is 5.86. The number of rotatable bonds is 3. The summed E-state index contributed by atoms with van der Waals surface area (Å²) >= 11 is 0. The molecule has 3 rings (SSSR count). The summed E-state index contributed by atoms with van der Waals surface area (Å²) in [4.78, 5) is 30.1. The average Bonchev–Trinajstić information content (AvgIpc) is 2.73. The number of imide groups is 1. The molecule has 112 valence electrons. The molecule has 0 aliphatic carbocycles. The molecule has 1 aromatic heterocycles. The Hall–Kier alpha value is -2.49. The second-order valence-electron chi connectivity index (χ2n) is 5.86. The molecule has 0 N–H and O–H groups in total. The van der Waals surface area contributed by atoms with Crippen LogP contribution in [0.2, 0.25) is 0 Å². The van der Waals surface area contributed by atoms with Gasteiger partial charge in [0, 0.05) is 12.6 Å². The Bertz CT molecular complexity index is 705. The fraction of sp³-hybridized carbons (Fsp3) is 0.278. The predicted octanol–water partition coefficient (Wildman–Crippen LogP) is 2.82. The fourth-order valence-corrected chi connectivity index (χ4v) is 3.05. The number of hydrogen-bond donors (Lipinski definition) is 0. The molecule has 0 radical (unpaired) electrons. The molecule has 1 aromatic carbocycles. The van der Waals surface area contributed by atoms with Gasteiger partial charge in [0.15, 0.2) is 0 Å². The zero-order valence-electron chi connectivity index (χ0n) is 12.7. The topological polar surface area (TPSA) is 50.3 Å². The maximum Gasteiger partial charge on any atom is 0.238 e. The van der Waals surface area contributed by atoms with Crippen LogP contribution in [0.4, 0.5) is 5.82 Å². The largest absolute Gasteiger partial charge is 0.274 e. The number of amides is 2. The first-order valence-corrected chi connectivity index (χ1v) is 7.39. The molecule has 1 aliphatic rings. The lowest BCUT2D eigenvalue weighted by molar-refractivity contribution is -0.122. The molecular weight excluding hydrogens is 276 g/mol. The van der Waals surface area contributed by atoms with Crippen molar-refractivity contribution < 1.29 is 9.59 Å². The number of hydrogen-bond acceptors (Lipinski definition) is 3. The maximum atomic E-state index is 12.6. The summed E-state index contributed by atoms with van der Waals surface area (Å²) in [7, 11) is 0. The minimum atomic E-state index is -0.296. The van der Waals surface area contributed by atoms with Crippen molar-refractivity contribution in [1.82, 2.24) is 4.98 Å². The van der Waals surface area contributed by atoms with Gasteiger partial charge in [0.25, 0.3) is 0 Å². The molecule has 22 heavy (non-hydrogen) atoms. The molecule has 2 heterocycles. The molecule has 4 heteroatoms. The van der Waals surface area contributed by atoms with Crippen LogP contribution in [0.5, 0.6) is 0 Å². The van der Waals surface area contributed by atoms with E-state index < -0.39 is 0 Å². The first kappa shape index (κ1) is 14.4. The van der Waals surface area contributed by atoms with E-state index in [1.807, 2.05) is 13.8 Å². The van der Waals surface area contributed by atoms with E-state index in [0.29, 0.717) is 12.2 Å². The number of carbonyl (C=O) groups excluding carboxylic acids is 2. The number of aromatic nitrogens is 1. The Balaban J connectivity index is 1.82. The summed E-state index contributed by atoms with van der Waals surface area (Å²) in [5, 5.41) is 0. The minimum absolute atomic E-state index is 0.150. The molecule has 1 aliphatic heterocycles. The summed E-state index contributed by atoms with van der Waals surface area (Å²) in [6.45, 7) is 4.08. The number of pyridine rings is 1. The van der Waals surface area contributed by atoms with Crippen molar-refractivity contribution in [2.24, 2.45) is 5.92 Å². The third kappa shape index (κ3) is 2.77. The van der Waals surface area contributed by atoms with E-state index in [4.69, 9.17) is 0 Å². The highest BCUT2D eigenvalue weighted by atomic mass is 16.2. The van der Waals surface area contributed by atoms with E-state index in [1.165, 1.54) is 16.0 Å². The van der Waals surface area contributed by atoms with Crippen LogP contribution in [0.1, 0.15) is 23.1 Å². The summed E-state index contributed by atoms with van der Waals surface area (Å²) in [6, 6.07) is 11.5. The van der Waals surface area contributed by atoms with E-state index in [2.05, 4.69) is 23.2 Å². The Morgan fingerprint density at radius 1 is 1.14 bits per heavy atom. The minimum Gasteiger partial charge on any atom is -0.274 e. The SMILES string of the molecule is Cc1cc(C)cc(C[C@H]2CC(=O)N(c3ccccn3)C2=O)c1. The molecule has 2 aromatic rings. The maximum absolute atomic E-state index is 12.6. The quantitative estimate of drug-likeness (QED) is 0.818. The molecule has 4 nitrogen and oxygen atoms in total. The fourth-order valence-electron chi connectivity index (χ4n) is 3.05. The number of anilines is 1. The van der Waals surface area contributed by atoms with E-state index in [-0.39, 0.29) is 24.2 Å². The Labute approximate surface area is 129 Å². The van der Waals surface area contributed by atoms with Crippen LogP contribution < -0.4 is 4.90 Å². The molecule has 0 bridgehead atoms. The highest BCUT2D eigenvalue weighted by Gasteiger charge is 2.39. The Morgan fingerprint density at radius 2 is 1.86 bits per heavy atom. The zero-order valence-corrected chi connectivity index (χ0v) is 12.7. The summed E-state index contributed by atoms with van der Waals surface area (Å²) in [5.74, 6) is -0.197. The van der Waals surface area contributed by atoms with Crippen molar-refractivity contribution in [1.29, 1.82) is 0 Å². The number of nitrogens with zero attached hydrogens (tertiary/aromatic N) is 2. The second kappa shape index (κ2) is 5.72. The smallest absolute Gasteiger partial charge is 0.238 e. The summed E-state index contributed by atoms with van der Waals surface area (Å²) in [5.41, 5.74) is 3.45. The summed E-state index contributed by atoms with van der Waals surface area (Å²) < 4.78 is 0. The van der Waals surface area contributed by atoms with Crippen LogP contribution in [-0.2, 0) is 16.0 Å². The molecule has 1 saturated heterocycles. The highest BCUT2D eigenvalue weighted by molar-refractivity contribution is 6.20. The summed E-state index contributed by atoms with van der Waals surface area (Å²) in [6.07, 6.45) is 2.44. The molecule has 0 saturated carbocycles. The van der Waals surface area contributed by atoms with Gasteiger partial charge in [-0.2, -0.15) is 0 Å². The van der Waals surface area contributed by atoms with Gasteiger partial charge in [0.2, 0.25) is 11.8 Å². The van der Waals surface area contributed by atoms with Crippen molar-refractivity contribution in [2.75, 3.05) is 4.90 Å². The van der Waals surface area contributed by atoms with E-state index >= 15 is 0 Å². The van der Waals surface area contributed by atoms with Crippen LogP contribution in [0.15, 0.2) is 42.6 Å². The normalized spacial score (nSPS) is 18.1. The molecule has 0 spiro atoms. The van der Waals surface area contributed by atoms with E-state index in [0.717, 1.165) is 5.56 Å². The van der Waals surface area contributed by atoms with Crippen molar-refractivity contribution in [3.05, 3.63) is 59.3 Å². The highest BCUT2D eigenvalue weighted by Crippen LogP contribution is 2.27. The van der Waals surface area contributed by atoms with Crippen molar-refractivity contribution in [3.63, 3.8) is 0 Å². The van der Waals surface area contributed by atoms with Crippen LogP contribution in [0.25, 0.3) is 0 Å². The lowest BCUT2D eigenvalue weighted by atomic mass is 9.95. The number of carbonyl (C=O) groups is 2. The third-order valence-electron chi connectivity index (χ3n) is 3.88. The molecular formula is C18H18N2O2. The molecule has 1 atom stereocenters. The van der Waals surface area contributed by atoms with Gasteiger partial charge in [-0.15, -0.1) is 0 Å². The van der Waals surface area contributed by atoms with Gasteiger partial charge in [0.05, 0.1) is 5.92 Å². The van der Waals surface area contributed by atoms with Gasteiger partial charge in [-0.1, -0.05) is 35.4 Å². The van der Waals surface area contributed by atoms with Gasteiger partial charge in [-0.25, -0.2) is 9.88 Å². The van der Waals surface area contributed by atoms with Gasteiger partial charge >= 0.3 is 0 Å². The van der Waals surface area contributed by atoms with Crippen molar-refractivity contribution in [2.45, 2.75) is 26.7 Å². The Morgan fingerprint density at radius 3 is 2.50 bits per heavy atom. The van der Waals surface area contributed by atoms with Crippen LogP contribution in [0.3, 0.4) is 0 Å². The van der Waals surface area contributed by atoms with Crippen LogP contribution in [-0.4, -0.2) is 16.8 Å². The third-order valence-corrected chi connectivity index (χ3v) is 3.88. The van der Waals surface area contributed by atoms with Gasteiger partial charge in [-0.05, 0) is 38.0 Å². The molecule has 2 amide bonds. The van der Waals surface area contributed by atoms with Crippen molar-refractivity contribution in [3.8, 4) is 0 Å². The first-order valence-electron chi connectivity index (χ1n) is 7.39. The van der Waals surface area contributed by atoms with Gasteiger partial charge in [0.1, 0.15) is 5.82 Å². The van der Waals surface area contributed by atoms with Crippen molar-refractivity contribution >= 4 is 17.6 Å². The standard InChI is InChI=1S/C18H18N2O2/c1-12-7-13(2)9-14(8-12)10-15-11-17(21)20(18(15)22)16-5-3-4-6-19-16/h3-9,15H,10-11H2,1-2H3/t15-/m0/s1. The average molecular weight is 294 g/mol. The molecule has 0 unspecified atom stereocenters.